The standard InChI is InChI=1S/C46H29NS2/c1-3-13-30(14-4-1)33-25-26-36-37-21-12-23-41(45(37)49-43(36)29-33)47(39-22-11-18-31-17-7-8-19-34(31)39)40-28-27-35(32-15-5-2-6-16-32)46-44(40)38-20-9-10-24-42(38)48-46/h1-29H. The lowest BCUT2D eigenvalue weighted by Crippen LogP contribution is -2.11. The number of thiophene rings is 2. The van der Waals surface area contributed by atoms with Gasteiger partial charge in [-0.2, -0.15) is 0 Å². The molecule has 10 aromatic rings. The molecule has 1 nitrogen and oxygen atoms in total. The largest absolute Gasteiger partial charge is 0.308 e. The van der Waals surface area contributed by atoms with Crippen LogP contribution in [-0.4, -0.2) is 0 Å². The fourth-order valence-electron chi connectivity index (χ4n) is 7.40. The summed E-state index contributed by atoms with van der Waals surface area (Å²) >= 11 is 3.78. The Morgan fingerprint density at radius 3 is 1.86 bits per heavy atom. The first-order valence-electron chi connectivity index (χ1n) is 16.6. The van der Waals surface area contributed by atoms with Crippen LogP contribution in [0.25, 0.3) is 73.4 Å². The van der Waals surface area contributed by atoms with E-state index in [-0.39, 0.29) is 0 Å². The van der Waals surface area contributed by atoms with E-state index in [0.717, 1.165) is 0 Å². The van der Waals surface area contributed by atoms with Gasteiger partial charge in [0.15, 0.2) is 0 Å². The average Bonchev–Trinajstić information content (AvgIpc) is 3.75. The molecule has 0 radical (unpaired) electrons. The Morgan fingerprint density at radius 2 is 1.00 bits per heavy atom. The van der Waals surface area contributed by atoms with E-state index >= 15 is 0 Å². The van der Waals surface area contributed by atoms with Gasteiger partial charge in [-0.25, -0.2) is 0 Å². The van der Waals surface area contributed by atoms with Gasteiger partial charge in [0.25, 0.3) is 0 Å². The van der Waals surface area contributed by atoms with Crippen LogP contribution in [0.1, 0.15) is 0 Å². The molecule has 49 heavy (non-hydrogen) atoms. The van der Waals surface area contributed by atoms with Crippen LogP contribution in [0.15, 0.2) is 176 Å². The molecule has 0 bridgehead atoms. The zero-order valence-electron chi connectivity index (χ0n) is 26.5. The van der Waals surface area contributed by atoms with Crippen molar-refractivity contribution in [3.05, 3.63) is 176 Å². The molecule has 0 saturated heterocycles. The smallest absolute Gasteiger partial charge is 0.0640 e. The summed E-state index contributed by atoms with van der Waals surface area (Å²) in [6, 6.07) is 64.3. The molecule has 230 valence electrons. The Balaban J connectivity index is 1.30. The molecule has 0 N–H and O–H groups in total. The van der Waals surface area contributed by atoms with Gasteiger partial charge in [0.05, 0.1) is 21.8 Å². The summed E-state index contributed by atoms with van der Waals surface area (Å²) < 4.78 is 5.20. The van der Waals surface area contributed by atoms with Crippen molar-refractivity contribution in [3.8, 4) is 22.3 Å². The first kappa shape index (κ1) is 28.3. The predicted molar refractivity (Wildman–Crippen MR) is 215 cm³/mol. The van der Waals surface area contributed by atoms with Gasteiger partial charge in [-0.15, -0.1) is 22.7 Å². The maximum absolute atomic E-state index is 2.54. The predicted octanol–water partition coefficient (Wildman–Crippen LogP) is 14.4. The molecule has 2 aromatic heterocycles. The van der Waals surface area contributed by atoms with Crippen LogP contribution in [0.4, 0.5) is 17.1 Å². The quantitative estimate of drug-likeness (QED) is 0.178. The minimum atomic E-state index is 1.18. The lowest BCUT2D eigenvalue weighted by atomic mass is 9.99. The molecule has 0 amide bonds. The van der Waals surface area contributed by atoms with E-state index in [2.05, 4.69) is 181 Å². The van der Waals surface area contributed by atoms with Crippen LogP contribution in [0.5, 0.6) is 0 Å². The maximum Gasteiger partial charge on any atom is 0.0640 e. The maximum atomic E-state index is 2.54. The van der Waals surface area contributed by atoms with Crippen molar-refractivity contribution in [3.63, 3.8) is 0 Å². The average molecular weight is 660 g/mol. The van der Waals surface area contributed by atoms with E-state index in [1.54, 1.807) is 0 Å². The fraction of sp³-hybridized carbons (Fsp3) is 0. The zero-order chi connectivity index (χ0) is 32.3. The normalized spacial score (nSPS) is 11.7. The Kier molecular flexibility index (Phi) is 6.61. The van der Waals surface area contributed by atoms with Crippen molar-refractivity contribution < 1.29 is 0 Å². The molecular formula is C46H29NS2. The van der Waals surface area contributed by atoms with Crippen LogP contribution >= 0.6 is 22.7 Å². The molecule has 0 saturated carbocycles. The number of hydrogen-bond acceptors (Lipinski definition) is 3. The number of hydrogen-bond donors (Lipinski definition) is 0. The summed E-state index contributed by atoms with van der Waals surface area (Å²) in [6.07, 6.45) is 0. The molecule has 0 aliphatic rings. The van der Waals surface area contributed by atoms with Crippen LogP contribution in [0.2, 0.25) is 0 Å². The summed E-state index contributed by atoms with van der Waals surface area (Å²) in [5.74, 6) is 0. The number of benzene rings is 8. The Bertz CT molecular complexity index is 2820. The summed E-state index contributed by atoms with van der Waals surface area (Å²) in [6.45, 7) is 0. The van der Waals surface area contributed by atoms with Gasteiger partial charge >= 0.3 is 0 Å². The first-order valence-corrected chi connectivity index (χ1v) is 18.2. The molecule has 10 rings (SSSR count). The summed E-state index contributed by atoms with van der Waals surface area (Å²) in [5.41, 5.74) is 8.56. The Labute approximate surface area is 292 Å². The van der Waals surface area contributed by atoms with E-state index in [9.17, 15) is 0 Å². The fourth-order valence-corrected chi connectivity index (χ4v) is 9.91. The lowest BCUT2D eigenvalue weighted by molar-refractivity contribution is 1.34. The van der Waals surface area contributed by atoms with Gasteiger partial charge in [-0.1, -0.05) is 146 Å². The third kappa shape index (κ3) is 4.58. The number of nitrogens with zero attached hydrogens (tertiary/aromatic N) is 1. The zero-order valence-corrected chi connectivity index (χ0v) is 28.1. The molecule has 0 spiro atoms. The molecule has 0 atom stereocenters. The number of fused-ring (bicyclic) bond motifs is 7. The third-order valence-corrected chi connectivity index (χ3v) is 12.1. The van der Waals surface area contributed by atoms with Gasteiger partial charge in [0.2, 0.25) is 0 Å². The topological polar surface area (TPSA) is 3.24 Å². The Morgan fingerprint density at radius 1 is 0.347 bits per heavy atom. The summed E-state index contributed by atoms with van der Waals surface area (Å²) in [4.78, 5) is 2.54. The number of rotatable bonds is 5. The molecule has 2 heterocycles. The van der Waals surface area contributed by atoms with Gasteiger partial charge in [-0.3, -0.25) is 0 Å². The molecule has 0 aliphatic heterocycles. The SMILES string of the molecule is c1ccc(-c2ccc3c(c2)sc2c(N(c4cccc5ccccc45)c4ccc(-c5ccccc5)c5sc6ccccc6c45)cccc23)cc1. The second-order valence-electron chi connectivity index (χ2n) is 12.5. The summed E-state index contributed by atoms with van der Waals surface area (Å²) in [5, 5.41) is 7.62. The van der Waals surface area contributed by atoms with E-state index in [1.165, 1.54) is 90.4 Å². The highest BCUT2D eigenvalue weighted by Crippen LogP contribution is 2.52. The minimum Gasteiger partial charge on any atom is -0.308 e. The molecule has 0 unspecified atom stereocenters. The van der Waals surface area contributed by atoms with Crippen molar-refractivity contribution in [1.82, 2.24) is 0 Å². The molecular weight excluding hydrogens is 631 g/mol. The van der Waals surface area contributed by atoms with Gasteiger partial charge < -0.3 is 4.90 Å². The highest BCUT2D eigenvalue weighted by molar-refractivity contribution is 7.27. The van der Waals surface area contributed by atoms with Crippen LogP contribution in [-0.2, 0) is 0 Å². The van der Waals surface area contributed by atoms with E-state index in [0.29, 0.717) is 0 Å². The highest BCUT2D eigenvalue weighted by atomic mass is 32.1. The van der Waals surface area contributed by atoms with Gasteiger partial charge in [0, 0.05) is 41.0 Å². The second kappa shape index (κ2) is 11.5. The molecule has 3 heteroatoms. The lowest BCUT2D eigenvalue weighted by Gasteiger charge is -2.28. The second-order valence-corrected chi connectivity index (χ2v) is 14.6. The minimum absolute atomic E-state index is 1.18. The Hall–Kier alpha value is -5.74. The van der Waals surface area contributed by atoms with E-state index < -0.39 is 0 Å². The van der Waals surface area contributed by atoms with Crippen LogP contribution < -0.4 is 4.90 Å². The molecule has 0 fully saturated rings. The van der Waals surface area contributed by atoms with Crippen molar-refractivity contribution in [1.29, 1.82) is 0 Å². The van der Waals surface area contributed by atoms with E-state index in [1.807, 2.05) is 22.7 Å². The van der Waals surface area contributed by atoms with Crippen LogP contribution in [0.3, 0.4) is 0 Å². The van der Waals surface area contributed by atoms with Gasteiger partial charge in [-0.05, 0) is 58.0 Å². The van der Waals surface area contributed by atoms with E-state index in [4.69, 9.17) is 0 Å². The number of anilines is 3. The van der Waals surface area contributed by atoms with Crippen molar-refractivity contribution >= 4 is 90.9 Å². The molecule has 8 aromatic carbocycles. The summed E-state index contributed by atoms with van der Waals surface area (Å²) in [7, 11) is 0. The van der Waals surface area contributed by atoms with Crippen molar-refractivity contribution in [2.24, 2.45) is 0 Å². The highest BCUT2D eigenvalue weighted by Gasteiger charge is 2.24. The molecule has 0 aliphatic carbocycles. The van der Waals surface area contributed by atoms with Crippen LogP contribution in [0, 0.1) is 0 Å². The van der Waals surface area contributed by atoms with Crippen molar-refractivity contribution in [2.75, 3.05) is 4.90 Å². The van der Waals surface area contributed by atoms with Crippen molar-refractivity contribution in [2.45, 2.75) is 0 Å². The monoisotopic (exact) mass is 659 g/mol. The third-order valence-electron chi connectivity index (χ3n) is 9.66. The van der Waals surface area contributed by atoms with Gasteiger partial charge in [0.1, 0.15) is 0 Å². The first-order chi connectivity index (χ1) is 24.3.